The molecular formula is C15H26N2O. The Kier molecular flexibility index (Phi) is 6.76. The van der Waals surface area contributed by atoms with Gasteiger partial charge in [0, 0.05) is 13.1 Å². The van der Waals surface area contributed by atoms with Crippen molar-refractivity contribution in [2.75, 3.05) is 26.7 Å². The summed E-state index contributed by atoms with van der Waals surface area (Å²) < 4.78 is 5.17. The van der Waals surface area contributed by atoms with Gasteiger partial charge < -0.3 is 10.5 Å². The second-order valence-electron chi connectivity index (χ2n) is 5.12. The molecule has 0 bridgehead atoms. The van der Waals surface area contributed by atoms with Crippen LogP contribution in [-0.4, -0.2) is 31.6 Å². The maximum Gasteiger partial charge on any atom is 0.118 e. The summed E-state index contributed by atoms with van der Waals surface area (Å²) in [5.41, 5.74) is 6.92. The zero-order chi connectivity index (χ0) is 13.4. The highest BCUT2D eigenvalue weighted by Gasteiger charge is 2.07. The molecule has 0 unspecified atom stereocenters. The van der Waals surface area contributed by atoms with Gasteiger partial charge in [-0.3, -0.25) is 4.90 Å². The van der Waals surface area contributed by atoms with E-state index in [1.807, 2.05) is 12.1 Å². The minimum absolute atomic E-state index is 0.682. The molecule has 3 heteroatoms. The number of methoxy groups -OCH3 is 1. The molecule has 0 spiro atoms. The van der Waals surface area contributed by atoms with Gasteiger partial charge in [0.1, 0.15) is 5.75 Å². The van der Waals surface area contributed by atoms with Crippen molar-refractivity contribution in [1.29, 1.82) is 0 Å². The first-order chi connectivity index (χ1) is 8.65. The molecule has 2 N–H and O–H groups in total. The molecule has 1 aromatic carbocycles. The van der Waals surface area contributed by atoms with E-state index < -0.39 is 0 Å². The first kappa shape index (κ1) is 15.0. The van der Waals surface area contributed by atoms with Gasteiger partial charge in [0.2, 0.25) is 0 Å². The van der Waals surface area contributed by atoms with Gasteiger partial charge in [0.05, 0.1) is 7.11 Å². The van der Waals surface area contributed by atoms with E-state index >= 15 is 0 Å². The third-order valence-electron chi connectivity index (χ3n) is 2.87. The molecule has 18 heavy (non-hydrogen) atoms. The fourth-order valence-corrected chi connectivity index (χ4v) is 2.06. The number of hydrogen-bond acceptors (Lipinski definition) is 3. The summed E-state index contributed by atoms with van der Waals surface area (Å²) >= 11 is 0. The topological polar surface area (TPSA) is 38.5 Å². The first-order valence-electron chi connectivity index (χ1n) is 6.71. The fourth-order valence-electron chi connectivity index (χ4n) is 2.06. The van der Waals surface area contributed by atoms with Crippen molar-refractivity contribution in [2.24, 2.45) is 11.7 Å². The number of ether oxygens (including phenoxy) is 1. The van der Waals surface area contributed by atoms with Crippen molar-refractivity contribution in [2.45, 2.75) is 26.8 Å². The van der Waals surface area contributed by atoms with E-state index in [0.717, 1.165) is 38.3 Å². The number of benzene rings is 1. The molecule has 0 amide bonds. The van der Waals surface area contributed by atoms with Crippen molar-refractivity contribution in [3.05, 3.63) is 29.8 Å². The third-order valence-corrected chi connectivity index (χ3v) is 2.87. The summed E-state index contributed by atoms with van der Waals surface area (Å²) in [5.74, 6) is 1.59. The summed E-state index contributed by atoms with van der Waals surface area (Å²) in [6, 6.07) is 8.31. The van der Waals surface area contributed by atoms with Gasteiger partial charge in [-0.1, -0.05) is 26.0 Å². The Morgan fingerprint density at radius 2 is 1.89 bits per heavy atom. The highest BCUT2D eigenvalue weighted by molar-refractivity contribution is 5.27. The Morgan fingerprint density at radius 1 is 1.22 bits per heavy atom. The Balaban J connectivity index is 2.56. The number of nitrogens with two attached hydrogens (primary N) is 1. The van der Waals surface area contributed by atoms with Crippen LogP contribution in [0.2, 0.25) is 0 Å². The maximum absolute atomic E-state index is 5.60. The molecule has 0 aliphatic carbocycles. The zero-order valence-electron chi connectivity index (χ0n) is 11.9. The van der Waals surface area contributed by atoms with Gasteiger partial charge in [-0.05, 0) is 43.1 Å². The van der Waals surface area contributed by atoms with Gasteiger partial charge in [-0.15, -0.1) is 0 Å². The zero-order valence-corrected chi connectivity index (χ0v) is 11.9. The van der Waals surface area contributed by atoms with Crippen molar-refractivity contribution in [1.82, 2.24) is 4.90 Å². The average Bonchev–Trinajstić information content (AvgIpc) is 2.36. The lowest BCUT2D eigenvalue weighted by Crippen LogP contribution is -2.29. The second kappa shape index (κ2) is 8.11. The van der Waals surface area contributed by atoms with Gasteiger partial charge in [0.25, 0.3) is 0 Å². The van der Waals surface area contributed by atoms with Crippen LogP contribution < -0.4 is 10.5 Å². The fraction of sp³-hybridized carbons (Fsp3) is 0.600. The SMILES string of the molecule is COc1ccc(CN(CCCN)CC(C)C)cc1. The molecule has 1 rings (SSSR count). The summed E-state index contributed by atoms with van der Waals surface area (Å²) in [6.07, 6.45) is 1.06. The van der Waals surface area contributed by atoms with Crippen molar-refractivity contribution < 1.29 is 4.74 Å². The summed E-state index contributed by atoms with van der Waals surface area (Å²) in [4.78, 5) is 2.47. The summed E-state index contributed by atoms with van der Waals surface area (Å²) in [6.45, 7) is 8.44. The number of hydrogen-bond donors (Lipinski definition) is 1. The molecule has 0 aliphatic heterocycles. The Labute approximate surface area is 111 Å². The van der Waals surface area contributed by atoms with Crippen LogP contribution in [0.3, 0.4) is 0 Å². The maximum atomic E-state index is 5.60. The lowest BCUT2D eigenvalue weighted by atomic mass is 10.1. The number of nitrogens with zero attached hydrogens (tertiary/aromatic N) is 1. The number of rotatable bonds is 8. The molecule has 1 aromatic rings. The van der Waals surface area contributed by atoms with Crippen LogP contribution in [0, 0.1) is 5.92 Å². The van der Waals surface area contributed by atoms with E-state index in [4.69, 9.17) is 10.5 Å². The quantitative estimate of drug-likeness (QED) is 0.770. The van der Waals surface area contributed by atoms with E-state index in [0.29, 0.717) is 5.92 Å². The van der Waals surface area contributed by atoms with Crippen LogP contribution in [0.15, 0.2) is 24.3 Å². The van der Waals surface area contributed by atoms with E-state index in [2.05, 4.69) is 30.9 Å². The highest BCUT2D eigenvalue weighted by Crippen LogP contribution is 2.14. The molecule has 0 saturated carbocycles. The predicted octanol–water partition coefficient (Wildman–Crippen LogP) is 2.50. The van der Waals surface area contributed by atoms with Gasteiger partial charge in [-0.25, -0.2) is 0 Å². The van der Waals surface area contributed by atoms with Gasteiger partial charge in [-0.2, -0.15) is 0 Å². The van der Waals surface area contributed by atoms with E-state index in [1.165, 1.54) is 5.56 Å². The molecule has 0 heterocycles. The first-order valence-corrected chi connectivity index (χ1v) is 6.71. The highest BCUT2D eigenvalue weighted by atomic mass is 16.5. The van der Waals surface area contributed by atoms with Crippen LogP contribution in [0.1, 0.15) is 25.8 Å². The molecule has 0 fully saturated rings. The molecule has 102 valence electrons. The van der Waals surface area contributed by atoms with Crippen LogP contribution in [0.5, 0.6) is 5.75 Å². The summed E-state index contributed by atoms with van der Waals surface area (Å²) in [7, 11) is 1.70. The van der Waals surface area contributed by atoms with Crippen molar-refractivity contribution >= 4 is 0 Å². The molecule has 0 saturated heterocycles. The molecule has 0 radical (unpaired) electrons. The average molecular weight is 250 g/mol. The smallest absolute Gasteiger partial charge is 0.118 e. The van der Waals surface area contributed by atoms with Crippen molar-refractivity contribution in [3.63, 3.8) is 0 Å². The van der Waals surface area contributed by atoms with Crippen LogP contribution in [0.25, 0.3) is 0 Å². The molecular weight excluding hydrogens is 224 g/mol. The molecule has 3 nitrogen and oxygen atoms in total. The Hall–Kier alpha value is -1.06. The summed E-state index contributed by atoms with van der Waals surface area (Å²) in [5, 5.41) is 0. The third kappa shape index (κ3) is 5.52. The minimum Gasteiger partial charge on any atom is -0.497 e. The van der Waals surface area contributed by atoms with Crippen molar-refractivity contribution in [3.8, 4) is 5.75 Å². The molecule has 0 aliphatic rings. The monoisotopic (exact) mass is 250 g/mol. The lowest BCUT2D eigenvalue weighted by Gasteiger charge is -2.24. The van der Waals surface area contributed by atoms with E-state index in [1.54, 1.807) is 7.11 Å². The largest absolute Gasteiger partial charge is 0.497 e. The normalized spacial score (nSPS) is 11.2. The van der Waals surface area contributed by atoms with E-state index in [9.17, 15) is 0 Å². The molecule has 0 atom stereocenters. The van der Waals surface area contributed by atoms with Crippen LogP contribution >= 0.6 is 0 Å². The van der Waals surface area contributed by atoms with Gasteiger partial charge in [0.15, 0.2) is 0 Å². The standard InChI is InChI=1S/C15H26N2O/c1-13(2)11-17(10-4-9-16)12-14-5-7-15(18-3)8-6-14/h5-8,13H,4,9-12,16H2,1-3H3. The van der Waals surface area contributed by atoms with Crippen LogP contribution in [-0.2, 0) is 6.54 Å². The van der Waals surface area contributed by atoms with E-state index in [-0.39, 0.29) is 0 Å². The predicted molar refractivity (Wildman–Crippen MR) is 76.8 cm³/mol. The minimum atomic E-state index is 0.682. The van der Waals surface area contributed by atoms with Gasteiger partial charge >= 0.3 is 0 Å². The lowest BCUT2D eigenvalue weighted by molar-refractivity contribution is 0.234. The molecule has 0 aromatic heterocycles. The Bertz CT molecular complexity index is 322. The van der Waals surface area contributed by atoms with Crippen LogP contribution in [0.4, 0.5) is 0 Å². The Morgan fingerprint density at radius 3 is 2.39 bits per heavy atom. The second-order valence-corrected chi connectivity index (χ2v) is 5.12.